The molecule has 0 aromatic heterocycles. The van der Waals surface area contributed by atoms with E-state index in [0.717, 1.165) is 17.9 Å². The third kappa shape index (κ3) is 6.07. The summed E-state index contributed by atoms with van der Waals surface area (Å²) in [5.74, 6) is 0.647. The smallest absolute Gasteiger partial charge is 0.508 e. The second-order valence-corrected chi connectivity index (χ2v) is 5.53. The summed E-state index contributed by atoms with van der Waals surface area (Å²) in [5, 5.41) is 8.80. The molecule has 2 rings (SSSR count). The first-order valence-corrected chi connectivity index (χ1v) is 7.45. The Balaban J connectivity index is 0.000000253. The van der Waals surface area contributed by atoms with Gasteiger partial charge >= 0.3 is 15.6 Å². The van der Waals surface area contributed by atoms with Gasteiger partial charge in [0.25, 0.3) is 0 Å². The van der Waals surface area contributed by atoms with Crippen molar-refractivity contribution in [2.75, 3.05) is 7.11 Å². The van der Waals surface area contributed by atoms with Crippen LogP contribution in [0.2, 0.25) is 0 Å². The number of para-hydroxylation sites is 1. The van der Waals surface area contributed by atoms with Gasteiger partial charge in [-0.05, 0) is 36.4 Å². The third-order valence-electron chi connectivity index (χ3n) is 2.31. The van der Waals surface area contributed by atoms with Gasteiger partial charge in [-0.25, -0.2) is 0 Å². The van der Waals surface area contributed by atoms with Gasteiger partial charge in [-0.1, -0.05) is 18.2 Å². The van der Waals surface area contributed by atoms with Gasteiger partial charge in [0.2, 0.25) is 0 Å². The zero-order valence-electron chi connectivity index (χ0n) is 11.8. The molecule has 2 aromatic carbocycles. The van der Waals surface area contributed by atoms with E-state index in [1.54, 1.807) is 31.4 Å². The first-order chi connectivity index (χ1) is 10.7. The number of rotatable bonds is 3. The molecule has 0 heterocycles. The van der Waals surface area contributed by atoms with Crippen LogP contribution in [0.15, 0.2) is 54.6 Å². The molecule has 126 valence electrons. The second-order valence-electron chi connectivity index (χ2n) is 3.99. The van der Waals surface area contributed by atoms with Gasteiger partial charge < -0.3 is 14.0 Å². The summed E-state index contributed by atoms with van der Waals surface area (Å²) in [6, 6.07) is 13.0. The fourth-order valence-corrected chi connectivity index (χ4v) is 1.69. The van der Waals surface area contributed by atoms with E-state index in [1.807, 2.05) is 0 Å². The van der Waals surface area contributed by atoms with Crippen LogP contribution < -0.4 is 8.92 Å². The van der Waals surface area contributed by atoms with Crippen molar-refractivity contribution < 1.29 is 35.6 Å². The Bertz CT molecular complexity index is 697. The van der Waals surface area contributed by atoms with E-state index in [2.05, 4.69) is 4.18 Å². The van der Waals surface area contributed by atoms with Crippen LogP contribution in [0.5, 0.6) is 17.2 Å². The van der Waals surface area contributed by atoms with Crippen molar-refractivity contribution in [2.45, 2.75) is 5.51 Å². The number of halogens is 3. The SMILES string of the molecule is COc1ccc(O)cc1.O=S(=O)(Oc1ccccc1)C(F)(F)F. The number of benzene rings is 2. The van der Waals surface area contributed by atoms with Crippen LogP contribution in [0, 0.1) is 0 Å². The topological polar surface area (TPSA) is 72.8 Å². The zero-order chi connectivity index (χ0) is 17.5. The van der Waals surface area contributed by atoms with E-state index in [1.165, 1.54) is 18.2 Å². The first-order valence-electron chi connectivity index (χ1n) is 6.04. The van der Waals surface area contributed by atoms with Gasteiger partial charge in [-0.15, -0.1) is 0 Å². The molecule has 23 heavy (non-hydrogen) atoms. The minimum absolute atomic E-state index is 0.260. The molecule has 0 amide bonds. The summed E-state index contributed by atoms with van der Waals surface area (Å²) in [7, 11) is -3.96. The number of hydrogen-bond acceptors (Lipinski definition) is 5. The largest absolute Gasteiger partial charge is 0.534 e. The number of ether oxygens (including phenoxy) is 1. The van der Waals surface area contributed by atoms with Crippen molar-refractivity contribution >= 4 is 10.1 Å². The number of aromatic hydroxyl groups is 1. The zero-order valence-corrected chi connectivity index (χ0v) is 12.6. The molecule has 0 aliphatic rings. The Labute approximate surface area is 131 Å². The number of hydrogen-bond donors (Lipinski definition) is 1. The molecule has 0 radical (unpaired) electrons. The average Bonchev–Trinajstić information content (AvgIpc) is 2.48. The maximum Gasteiger partial charge on any atom is 0.534 e. The fourth-order valence-electron chi connectivity index (χ4n) is 1.23. The number of phenolic OH excluding ortho intramolecular Hbond substituents is 1. The average molecular weight is 350 g/mol. The molecule has 0 unspecified atom stereocenters. The molecule has 0 fully saturated rings. The van der Waals surface area contributed by atoms with Gasteiger partial charge in [0.05, 0.1) is 7.11 Å². The van der Waals surface area contributed by atoms with Crippen molar-refractivity contribution in [3.05, 3.63) is 54.6 Å². The molecule has 0 atom stereocenters. The number of methoxy groups -OCH3 is 1. The van der Waals surface area contributed by atoms with Crippen molar-refractivity contribution in [2.24, 2.45) is 0 Å². The highest BCUT2D eigenvalue weighted by molar-refractivity contribution is 7.87. The van der Waals surface area contributed by atoms with Gasteiger partial charge in [0, 0.05) is 0 Å². The highest BCUT2D eigenvalue weighted by Gasteiger charge is 2.48. The first kappa shape index (κ1) is 18.6. The van der Waals surface area contributed by atoms with Crippen LogP contribution in [0.1, 0.15) is 0 Å². The fraction of sp³-hybridized carbons (Fsp3) is 0.143. The Morgan fingerprint density at radius 2 is 1.43 bits per heavy atom. The normalized spacial score (nSPS) is 11.1. The van der Waals surface area contributed by atoms with Gasteiger partial charge in [-0.2, -0.15) is 21.6 Å². The van der Waals surface area contributed by atoms with E-state index in [-0.39, 0.29) is 11.5 Å². The van der Waals surface area contributed by atoms with Gasteiger partial charge in [0.1, 0.15) is 17.2 Å². The van der Waals surface area contributed by atoms with Crippen molar-refractivity contribution in [3.63, 3.8) is 0 Å². The minimum atomic E-state index is -5.55. The summed E-state index contributed by atoms with van der Waals surface area (Å²) in [6.07, 6.45) is 0. The summed E-state index contributed by atoms with van der Waals surface area (Å²) in [6.45, 7) is 0. The van der Waals surface area contributed by atoms with Crippen molar-refractivity contribution in [3.8, 4) is 17.2 Å². The Hall–Kier alpha value is -2.42. The number of phenols is 1. The molecular weight excluding hydrogens is 337 g/mol. The van der Waals surface area contributed by atoms with E-state index >= 15 is 0 Å². The maximum absolute atomic E-state index is 11.8. The van der Waals surface area contributed by atoms with Crippen molar-refractivity contribution in [1.82, 2.24) is 0 Å². The Kier molecular flexibility index (Phi) is 6.26. The van der Waals surface area contributed by atoms with Crippen LogP contribution >= 0.6 is 0 Å². The van der Waals surface area contributed by atoms with Crippen LogP contribution in [0.3, 0.4) is 0 Å². The Morgan fingerprint density at radius 3 is 1.87 bits per heavy atom. The highest BCUT2D eigenvalue weighted by atomic mass is 32.2. The van der Waals surface area contributed by atoms with Crippen LogP contribution in [0.4, 0.5) is 13.2 Å². The summed E-state index contributed by atoms with van der Waals surface area (Å²) >= 11 is 0. The number of alkyl halides is 3. The monoisotopic (exact) mass is 350 g/mol. The Morgan fingerprint density at radius 1 is 0.913 bits per heavy atom. The predicted octanol–water partition coefficient (Wildman–Crippen LogP) is 3.32. The molecule has 0 bridgehead atoms. The molecule has 0 aliphatic heterocycles. The van der Waals surface area contributed by atoms with Crippen LogP contribution in [-0.2, 0) is 10.1 Å². The lowest BCUT2D eigenvalue weighted by atomic mass is 10.3. The molecule has 1 N–H and O–H groups in total. The summed E-state index contributed by atoms with van der Waals surface area (Å²) < 4.78 is 65.0. The molecule has 0 saturated carbocycles. The predicted molar refractivity (Wildman–Crippen MR) is 76.7 cm³/mol. The van der Waals surface area contributed by atoms with E-state index in [9.17, 15) is 21.6 Å². The van der Waals surface area contributed by atoms with E-state index in [4.69, 9.17) is 9.84 Å². The maximum atomic E-state index is 11.8. The molecule has 5 nitrogen and oxygen atoms in total. The quantitative estimate of drug-likeness (QED) is 0.679. The minimum Gasteiger partial charge on any atom is -0.508 e. The molecule has 9 heteroatoms. The van der Waals surface area contributed by atoms with Crippen LogP contribution in [-0.4, -0.2) is 26.1 Å². The lowest BCUT2D eigenvalue weighted by Crippen LogP contribution is -2.27. The standard InChI is InChI=1S/C7H5F3O3S.C7H8O2/c8-7(9,10)14(11,12)13-6-4-2-1-3-5-6;1-9-7-4-2-6(8)3-5-7/h1-5H;2-5,8H,1H3. The van der Waals surface area contributed by atoms with Gasteiger partial charge in [-0.3, -0.25) is 0 Å². The summed E-state index contributed by atoms with van der Waals surface area (Å²) in [5.41, 5.74) is -5.40. The molecule has 0 saturated heterocycles. The summed E-state index contributed by atoms with van der Waals surface area (Å²) in [4.78, 5) is 0. The second kappa shape index (κ2) is 7.73. The third-order valence-corrected chi connectivity index (χ3v) is 3.28. The van der Waals surface area contributed by atoms with Crippen LogP contribution in [0.25, 0.3) is 0 Å². The molecule has 2 aromatic rings. The lowest BCUT2D eigenvalue weighted by molar-refractivity contribution is -0.0500. The molecular formula is C14H13F3O5S. The lowest BCUT2D eigenvalue weighted by Gasteiger charge is -2.08. The molecule has 0 aliphatic carbocycles. The van der Waals surface area contributed by atoms with E-state index < -0.39 is 15.6 Å². The highest BCUT2D eigenvalue weighted by Crippen LogP contribution is 2.26. The van der Waals surface area contributed by atoms with Crippen molar-refractivity contribution in [1.29, 1.82) is 0 Å². The van der Waals surface area contributed by atoms with Gasteiger partial charge in [0.15, 0.2) is 0 Å². The van der Waals surface area contributed by atoms with E-state index in [0.29, 0.717) is 0 Å². The molecule has 0 spiro atoms.